The van der Waals surface area contributed by atoms with Gasteiger partial charge in [0, 0.05) is 0 Å². The van der Waals surface area contributed by atoms with Gasteiger partial charge in [-0.3, -0.25) is 0 Å². The molecular weight excluding hydrogens is 328 g/mol. The van der Waals surface area contributed by atoms with Crippen LogP contribution in [-0.4, -0.2) is 21.0 Å². The van der Waals surface area contributed by atoms with Crippen molar-refractivity contribution in [2.75, 3.05) is 0 Å². The SMILES string of the molecule is Cc1ccc(C)c2nc(S)c(S)nc12.O=C(O)c1ccccc1. The number of rotatable bonds is 1. The molecule has 23 heavy (non-hydrogen) atoms. The van der Waals surface area contributed by atoms with Crippen molar-refractivity contribution in [2.45, 2.75) is 23.9 Å². The summed E-state index contributed by atoms with van der Waals surface area (Å²) in [6.45, 7) is 4.03. The molecule has 0 bridgehead atoms. The highest BCUT2D eigenvalue weighted by molar-refractivity contribution is 7.83. The Morgan fingerprint density at radius 1 is 0.870 bits per heavy atom. The normalized spacial score (nSPS) is 10.1. The Morgan fingerprint density at radius 3 is 1.65 bits per heavy atom. The zero-order valence-electron chi connectivity index (χ0n) is 12.7. The first-order chi connectivity index (χ1) is 10.9. The molecule has 118 valence electrons. The zero-order chi connectivity index (χ0) is 17.0. The van der Waals surface area contributed by atoms with Crippen molar-refractivity contribution in [1.82, 2.24) is 9.97 Å². The summed E-state index contributed by atoms with van der Waals surface area (Å²) in [6.07, 6.45) is 0. The Morgan fingerprint density at radius 2 is 1.30 bits per heavy atom. The zero-order valence-corrected chi connectivity index (χ0v) is 14.5. The van der Waals surface area contributed by atoms with Gasteiger partial charge in [-0.2, -0.15) is 0 Å². The fourth-order valence-corrected chi connectivity index (χ4v) is 2.26. The average Bonchev–Trinajstić information content (AvgIpc) is 2.54. The Kier molecular flexibility index (Phi) is 5.63. The van der Waals surface area contributed by atoms with E-state index in [1.165, 1.54) is 0 Å². The van der Waals surface area contributed by atoms with Gasteiger partial charge in [0.1, 0.15) is 10.1 Å². The quantitative estimate of drug-likeness (QED) is 0.579. The molecule has 1 N–H and O–H groups in total. The van der Waals surface area contributed by atoms with Crippen LogP contribution in [0, 0.1) is 13.8 Å². The van der Waals surface area contributed by atoms with Crippen molar-refractivity contribution < 1.29 is 9.90 Å². The molecule has 3 aromatic rings. The summed E-state index contributed by atoms with van der Waals surface area (Å²) >= 11 is 8.41. The number of fused-ring (bicyclic) bond motifs is 1. The molecule has 0 saturated carbocycles. The molecule has 3 rings (SSSR count). The molecule has 0 atom stereocenters. The number of aromatic nitrogens is 2. The van der Waals surface area contributed by atoms with Gasteiger partial charge in [-0.1, -0.05) is 30.3 Å². The summed E-state index contributed by atoms with van der Waals surface area (Å²) in [6, 6.07) is 12.4. The first-order valence-corrected chi connectivity index (χ1v) is 7.74. The highest BCUT2D eigenvalue weighted by atomic mass is 32.1. The van der Waals surface area contributed by atoms with Gasteiger partial charge in [-0.05, 0) is 37.1 Å². The smallest absolute Gasteiger partial charge is 0.335 e. The molecule has 0 amide bonds. The molecule has 0 unspecified atom stereocenters. The number of hydrogen-bond acceptors (Lipinski definition) is 5. The molecule has 0 fully saturated rings. The Hall–Kier alpha value is -2.05. The predicted molar refractivity (Wildman–Crippen MR) is 96.9 cm³/mol. The molecule has 0 aliphatic rings. The van der Waals surface area contributed by atoms with Crippen molar-refractivity contribution >= 4 is 42.3 Å². The van der Waals surface area contributed by atoms with Crippen LogP contribution >= 0.6 is 25.3 Å². The van der Waals surface area contributed by atoms with E-state index in [1.54, 1.807) is 30.3 Å². The molecule has 6 heteroatoms. The van der Waals surface area contributed by atoms with Crippen LogP contribution in [0.4, 0.5) is 0 Å². The topological polar surface area (TPSA) is 63.1 Å². The summed E-state index contributed by atoms with van der Waals surface area (Å²) in [7, 11) is 0. The standard InChI is InChI=1S/C10H10N2S2.C7H6O2/c1-5-3-4-6(2)8-7(5)11-9(13)10(14)12-8;8-7(9)6-4-2-1-3-5-6/h3-4H,1-2H3,(H,11,13)(H,12,14);1-5H,(H,8,9). The van der Waals surface area contributed by atoms with E-state index < -0.39 is 5.97 Å². The van der Waals surface area contributed by atoms with Crippen LogP contribution in [0.5, 0.6) is 0 Å². The van der Waals surface area contributed by atoms with Gasteiger partial charge in [0.05, 0.1) is 16.6 Å². The number of carboxylic acid groups (broad SMARTS) is 1. The van der Waals surface area contributed by atoms with E-state index in [0.29, 0.717) is 15.6 Å². The predicted octanol–water partition coefficient (Wildman–Crippen LogP) is 4.21. The fourth-order valence-electron chi connectivity index (χ4n) is 1.96. The highest BCUT2D eigenvalue weighted by Gasteiger charge is 2.06. The number of hydrogen-bond donors (Lipinski definition) is 3. The van der Waals surface area contributed by atoms with Gasteiger partial charge in [0.2, 0.25) is 0 Å². The Balaban J connectivity index is 0.000000185. The fraction of sp³-hybridized carbons (Fsp3) is 0.118. The van der Waals surface area contributed by atoms with Gasteiger partial charge in [-0.15, -0.1) is 25.3 Å². The molecule has 0 aliphatic heterocycles. The van der Waals surface area contributed by atoms with Crippen LogP contribution in [0.15, 0.2) is 52.5 Å². The Bertz CT molecular complexity index is 806. The second kappa shape index (κ2) is 7.48. The summed E-state index contributed by atoms with van der Waals surface area (Å²) in [5, 5.41) is 9.54. The van der Waals surface area contributed by atoms with Crippen molar-refractivity contribution in [3.05, 3.63) is 59.2 Å². The molecule has 1 aromatic heterocycles. The molecule has 1 heterocycles. The van der Waals surface area contributed by atoms with Crippen LogP contribution in [-0.2, 0) is 0 Å². The minimum Gasteiger partial charge on any atom is -0.478 e. The number of carbonyl (C=O) groups is 1. The van der Waals surface area contributed by atoms with Crippen LogP contribution in [0.3, 0.4) is 0 Å². The van der Waals surface area contributed by atoms with Gasteiger partial charge in [0.15, 0.2) is 0 Å². The third-order valence-corrected chi connectivity index (χ3v) is 4.01. The molecule has 0 aliphatic carbocycles. The van der Waals surface area contributed by atoms with Crippen molar-refractivity contribution in [2.24, 2.45) is 0 Å². The number of thiol groups is 2. The number of nitrogens with zero attached hydrogens (tertiary/aromatic N) is 2. The number of aromatic carboxylic acids is 1. The lowest BCUT2D eigenvalue weighted by Gasteiger charge is -2.05. The monoisotopic (exact) mass is 344 g/mol. The van der Waals surface area contributed by atoms with E-state index in [4.69, 9.17) is 5.11 Å². The van der Waals surface area contributed by atoms with Crippen LogP contribution in [0.2, 0.25) is 0 Å². The lowest BCUT2D eigenvalue weighted by Crippen LogP contribution is -1.93. The molecule has 0 radical (unpaired) electrons. The summed E-state index contributed by atoms with van der Waals surface area (Å²) < 4.78 is 0. The number of benzene rings is 2. The first kappa shape index (κ1) is 17.3. The lowest BCUT2D eigenvalue weighted by molar-refractivity contribution is 0.0697. The van der Waals surface area contributed by atoms with E-state index in [9.17, 15) is 4.79 Å². The van der Waals surface area contributed by atoms with Crippen molar-refractivity contribution in [1.29, 1.82) is 0 Å². The third kappa shape index (κ3) is 4.24. The van der Waals surface area contributed by atoms with Gasteiger partial charge in [0.25, 0.3) is 0 Å². The maximum Gasteiger partial charge on any atom is 0.335 e. The van der Waals surface area contributed by atoms with Crippen molar-refractivity contribution in [3.8, 4) is 0 Å². The lowest BCUT2D eigenvalue weighted by atomic mass is 10.1. The summed E-state index contributed by atoms with van der Waals surface area (Å²) in [5.41, 5.74) is 4.38. The van der Waals surface area contributed by atoms with Gasteiger partial charge in [-0.25, -0.2) is 14.8 Å². The number of aryl methyl sites for hydroxylation is 2. The molecule has 2 aromatic carbocycles. The summed E-state index contributed by atoms with van der Waals surface area (Å²) in [5.74, 6) is -0.879. The number of carboxylic acids is 1. The highest BCUT2D eigenvalue weighted by Crippen LogP contribution is 2.23. The molecule has 0 spiro atoms. The maximum atomic E-state index is 10.2. The van der Waals surface area contributed by atoms with Crippen molar-refractivity contribution in [3.63, 3.8) is 0 Å². The third-order valence-electron chi connectivity index (χ3n) is 3.21. The summed E-state index contributed by atoms with van der Waals surface area (Å²) in [4.78, 5) is 18.9. The van der Waals surface area contributed by atoms with E-state index in [1.807, 2.05) is 26.0 Å². The van der Waals surface area contributed by atoms with Crippen LogP contribution in [0.1, 0.15) is 21.5 Å². The van der Waals surface area contributed by atoms with E-state index >= 15 is 0 Å². The average molecular weight is 344 g/mol. The maximum absolute atomic E-state index is 10.2. The van der Waals surface area contributed by atoms with E-state index in [-0.39, 0.29) is 0 Å². The minimum absolute atomic E-state index is 0.331. The molecule has 4 nitrogen and oxygen atoms in total. The minimum atomic E-state index is -0.879. The second-order valence-electron chi connectivity index (χ2n) is 4.94. The first-order valence-electron chi connectivity index (χ1n) is 6.84. The van der Waals surface area contributed by atoms with Crippen LogP contribution in [0.25, 0.3) is 11.0 Å². The Labute approximate surface area is 145 Å². The van der Waals surface area contributed by atoms with Crippen LogP contribution < -0.4 is 0 Å². The van der Waals surface area contributed by atoms with Gasteiger partial charge >= 0.3 is 5.97 Å². The van der Waals surface area contributed by atoms with E-state index in [0.717, 1.165) is 22.2 Å². The largest absolute Gasteiger partial charge is 0.478 e. The van der Waals surface area contributed by atoms with E-state index in [2.05, 4.69) is 35.2 Å². The second-order valence-corrected chi connectivity index (χ2v) is 5.79. The van der Waals surface area contributed by atoms with Gasteiger partial charge < -0.3 is 5.11 Å². The molecular formula is C17H16N2O2S2. The molecule has 0 saturated heterocycles.